The minimum atomic E-state index is -0.0324. The molecule has 0 amide bonds. The molecule has 0 spiro atoms. The molecule has 3 saturated heterocycles. The number of hydrogen-bond donors (Lipinski definition) is 1. The van der Waals surface area contributed by atoms with Crippen molar-refractivity contribution in [2.24, 2.45) is 0 Å². The summed E-state index contributed by atoms with van der Waals surface area (Å²) in [6, 6.07) is 10.6. The summed E-state index contributed by atoms with van der Waals surface area (Å²) in [5.74, 6) is 1.81. The van der Waals surface area contributed by atoms with E-state index in [1.807, 2.05) is 24.5 Å². The Morgan fingerprint density at radius 3 is 2.73 bits per heavy atom. The first-order valence-corrected chi connectivity index (χ1v) is 15.7. The number of rotatable bonds is 7. The number of piperazine rings is 1. The third kappa shape index (κ3) is 4.95. The van der Waals surface area contributed by atoms with Crippen molar-refractivity contribution < 1.29 is 9.53 Å². The van der Waals surface area contributed by atoms with Gasteiger partial charge in [0.05, 0.1) is 35.1 Å². The zero-order valence-electron chi connectivity index (χ0n) is 24.0. The van der Waals surface area contributed by atoms with Gasteiger partial charge in [-0.25, -0.2) is 9.97 Å². The summed E-state index contributed by atoms with van der Waals surface area (Å²) < 4.78 is 6.83. The fraction of sp³-hybridized carbons (Fsp3) is 0.516. The highest BCUT2D eigenvalue weighted by Crippen LogP contribution is 2.38. The van der Waals surface area contributed by atoms with Gasteiger partial charge in [0.15, 0.2) is 11.6 Å². The lowest BCUT2D eigenvalue weighted by Crippen LogP contribution is -2.62. The number of morpholine rings is 1. The van der Waals surface area contributed by atoms with E-state index >= 15 is 0 Å². The lowest BCUT2D eigenvalue weighted by molar-refractivity contribution is -0.118. The molecule has 0 aliphatic carbocycles. The SMILES string of the molecule is CC(C=O)N1CCCC1(C)N1CCN(Cc2cc3nc(-c4cccc5[nH]ccc45)nc(N4CCOCC4)c3s2)CC1. The molecule has 3 aliphatic heterocycles. The maximum atomic E-state index is 11.6. The number of thiophene rings is 1. The van der Waals surface area contributed by atoms with Gasteiger partial charge in [0, 0.05) is 79.9 Å². The number of aldehydes is 1. The molecule has 0 saturated carbocycles. The van der Waals surface area contributed by atoms with E-state index in [0.29, 0.717) is 0 Å². The molecular formula is C31H39N7O2S. The van der Waals surface area contributed by atoms with Crippen LogP contribution in [0.25, 0.3) is 32.5 Å². The number of benzene rings is 1. The van der Waals surface area contributed by atoms with Crippen LogP contribution in [0.2, 0.25) is 0 Å². The van der Waals surface area contributed by atoms with Crippen LogP contribution >= 0.6 is 11.3 Å². The number of nitrogens with zero attached hydrogens (tertiary/aromatic N) is 6. The Labute approximate surface area is 245 Å². The smallest absolute Gasteiger partial charge is 0.162 e. The number of aromatic nitrogens is 3. The topological polar surface area (TPSA) is 80.8 Å². The first-order valence-electron chi connectivity index (χ1n) is 14.9. The molecule has 2 unspecified atom stereocenters. The summed E-state index contributed by atoms with van der Waals surface area (Å²) in [5, 5.41) is 1.14. The van der Waals surface area contributed by atoms with Crippen LogP contribution in [0.3, 0.4) is 0 Å². The summed E-state index contributed by atoms with van der Waals surface area (Å²) in [4.78, 5) is 36.5. The van der Waals surface area contributed by atoms with E-state index in [4.69, 9.17) is 14.7 Å². The Morgan fingerprint density at radius 2 is 1.93 bits per heavy atom. The van der Waals surface area contributed by atoms with Crippen LogP contribution in [-0.2, 0) is 16.1 Å². The largest absolute Gasteiger partial charge is 0.378 e. The average Bonchev–Trinajstić information content (AvgIpc) is 3.75. The van der Waals surface area contributed by atoms with Crippen LogP contribution in [0.4, 0.5) is 5.82 Å². The maximum absolute atomic E-state index is 11.6. The number of fused-ring (bicyclic) bond motifs is 2. The average molecular weight is 574 g/mol. The van der Waals surface area contributed by atoms with Gasteiger partial charge in [-0.1, -0.05) is 12.1 Å². The Hall–Kier alpha value is -2.89. The number of H-pyrrole nitrogens is 1. The number of carbonyl (C=O) groups is 1. The molecule has 3 aliphatic rings. The van der Waals surface area contributed by atoms with Gasteiger partial charge in [0.25, 0.3) is 0 Å². The highest BCUT2D eigenvalue weighted by molar-refractivity contribution is 7.19. The third-order valence-corrected chi connectivity index (χ3v) is 10.4. The molecule has 0 bridgehead atoms. The predicted octanol–water partition coefficient (Wildman–Crippen LogP) is 4.19. The van der Waals surface area contributed by atoms with E-state index in [1.54, 1.807) is 0 Å². The molecular weight excluding hydrogens is 534 g/mol. The van der Waals surface area contributed by atoms with Gasteiger partial charge < -0.3 is 19.4 Å². The van der Waals surface area contributed by atoms with Gasteiger partial charge in [-0.2, -0.15) is 0 Å². The van der Waals surface area contributed by atoms with Gasteiger partial charge in [0.2, 0.25) is 0 Å². The van der Waals surface area contributed by atoms with Crippen LogP contribution < -0.4 is 4.90 Å². The first kappa shape index (κ1) is 27.0. The molecule has 9 nitrogen and oxygen atoms in total. The Morgan fingerprint density at radius 1 is 1.10 bits per heavy atom. The number of hydrogen-bond acceptors (Lipinski definition) is 9. The van der Waals surface area contributed by atoms with E-state index < -0.39 is 0 Å². The quantitative estimate of drug-likeness (QED) is 0.330. The Balaban J connectivity index is 1.14. The van der Waals surface area contributed by atoms with Crippen molar-refractivity contribution in [3.05, 3.63) is 41.4 Å². The zero-order chi connectivity index (χ0) is 28.0. The molecule has 1 aromatic carbocycles. The molecule has 6 heterocycles. The minimum absolute atomic E-state index is 0.0224. The second-order valence-electron chi connectivity index (χ2n) is 11.8. The van der Waals surface area contributed by atoms with Crippen molar-refractivity contribution in [3.8, 4) is 11.4 Å². The second kappa shape index (κ2) is 11.1. The number of carbonyl (C=O) groups excluding carboxylic acids is 1. The monoisotopic (exact) mass is 573 g/mol. The zero-order valence-corrected chi connectivity index (χ0v) is 24.8. The summed E-state index contributed by atoms with van der Waals surface area (Å²) in [6.45, 7) is 13.5. The summed E-state index contributed by atoms with van der Waals surface area (Å²) in [7, 11) is 0. The number of anilines is 1. The van der Waals surface area contributed by atoms with Crippen LogP contribution in [0, 0.1) is 0 Å². The van der Waals surface area contributed by atoms with Crippen molar-refractivity contribution in [1.29, 1.82) is 0 Å². The second-order valence-corrected chi connectivity index (χ2v) is 12.9. The summed E-state index contributed by atoms with van der Waals surface area (Å²) >= 11 is 1.84. The van der Waals surface area contributed by atoms with Crippen molar-refractivity contribution in [2.45, 2.75) is 44.9 Å². The van der Waals surface area contributed by atoms with E-state index in [9.17, 15) is 4.79 Å². The van der Waals surface area contributed by atoms with Crippen molar-refractivity contribution in [3.63, 3.8) is 0 Å². The summed E-state index contributed by atoms with van der Waals surface area (Å²) in [6.07, 6.45) is 5.36. The minimum Gasteiger partial charge on any atom is -0.378 e. The van der Waals surface area contributed by atoms with Crippen LogP contribution in [0.5, 0.6) is 0 Å². The highest BCUT2D eigenvalue weighted by Gasteiger charge is 2.44. The fourth-order valence-electron chi connectivity index (χ4n) is 7.06. The molecule has 2 atom stereocenters. The summed E-state index contributed by atoms with van der Waals surface area (Å²) in [5.41, 5.74) is 3.16. The van der Waals surface area contributed by atoms with Crippen molar-refractivity contribution in [1.82, 2.24) is 29.7 Å². The van der Waals surface area contributed by atoms with Gasteiger partial charge in [-0.15, -0.1) is 11.3 Å². The Bertz CT molecular complexity index is 1540. The molecule has 3 aromatic heterocycles. The maximum Gasteiger partial charge on any atom is 0.162 e. The molecule has 41 heavy (non-hydrogen) atoms. The van der Waals surface area contributed by atoms with Crippen LogP contribution in [0.1, 0.15) is 31.6 Å². The fourth-order valence-corrected chi connectivity index (χ4v) is 8.22. The highest BCUT2D eigenvalue weighted by atomic mass is 32.1. The van der Waals surface area contributed by atoms with E-state index in [2.05, 4.69) is 61.8 Å². The third-order valence-electron chi connectivity index (χ3n) is 9.34. The first-order chi connectivity index (χ1) is 20.0. The van der Waals surface area contributed by atoms with Gasteiger partial charge in [0.1, 0.15) is 6.29 Å². The number of likely N-dealkylation sites (tertiary alicyclic amines) is 1. The van der Waals surface area contributed by atoms with Gasteiger partial charge in [-0.3, -0.25) is 14.7 Å². The normalized spacial score (nSPS) is 24.0. The molecule has 7 rings (SSSR count). The molecule has 10 heteroatoms. The predicted molar refractivity (Wildman–Crippen MR) is 164 cm³/mol. The molecule has 4 aromatic rings. The standard InChI is InChI=1S/C31H39N7O2S/c1-22(21-39)38-10-4-8-31(38,2)37-13-11-35(12-14-37)20-23-19-27-28(41-23)30(36-15-17-40-18-16-36)34-29(33-27)25-5-3-6-26-24(25)7-9-32-26/h3,5-7,9,19,21-22,32H,4,8,10-18,20H2,1-2H3. The van der Waals surface area contributed by atoms with E-state index in [1.165, 1.54) is 9.58 Å². The van der Waals surface area contributed by atoms with Gasteiger partial charge >= 0.3 is 0 Å². The number of ether oxygens (including phenoxy) is 1. The van der Waals surface area contributed by atoms with E-state index in [-0.39, 0.29) is 11.7 Å². The van der Waals surface area contributed by atoms with Crippen LogP contribution in [0.15, 0.2) is 36.5 Å². The molecule has 0 radical (unpaired) electrons. The van der Waals surface area contributed by atoms with Crippen molar-refractivity contribution >= 4 is 44.6 Å². The van der Waals surface area contributed by atoms with Crippen LogP contribution in [-0.4, -0.2) is 107 Å². The van der Waals surface area contributed by atoms with Crippen molar-refractivity contribution in [2.75, 3.05) is 63.9 Å². The molecule has 216 valence electrons. The Kier molecular flexibility index (Phi) is 7.28. The lowest BCUT2D eigenvalue weighted by Gasteiger charge is -2.49. The lowest BCUT2D eigenvalue weighted by atomic mass is 10.0. The number of aromatic amines is 1. The molecule has 3 fully saturated rings. The van der Waals surface area contributed by atoms with E-state index in [0.717, 1.165) is 118 Å². The number of nitrogens with one attached hydrogen (secondary N) is 1. The van der Waals surface area contributed by atoms with Gasteiger partial charge in [-0.05, 0) is 44.9 Å². The molecule has 1 N–H and O–H groups in total.